The first-order valence-electron chi connectivity index (χ1n) is 6.86. The molecule has 0 radical (unpaired) electrons. The van der Waals surface area contributed by atoms with Crippen LogP contribution in [0.1, 0.15) is 44.9 Å². The van der Waals surface area contributed by atoms with Gasteiger partial charge in [0.05, 0.1) is 6.10 Å². The molecule has 0 bridgehead atoms. The third kappa shape index (κ3) is 2.67. The number of piperidine rings is 1. The van der Waals surface area contributed by atoms with Crippen LogP contribution < -0.4 is 0 Å². The molecule has 1 heterocycles. The molecule has 1 aliphatic carbocycles. The molecular weight excluding hydrogens is 198 g/mol. The standard InChI is InChI=1S/C14H25NO/c1-2-3-10-15-11-5-4-8-13(15)12-7-6-9-14(12)16/h2,12-14,16H,1,3-11H2. The van der Waals surface area contributed by atoms with Gasteiger partial charge in [0.1, 0.15) is 0 Å². The Bertz CT molecular complexity index is 229. The van der Waals surface area contributed by atoms with Crippen molar-refractivity contribution in [3.63, 3.8) is 0 Å². The van der Waals surface area contributed by atoms with Crippen molar-refractivity contribution >= 4 is 0 Å². The number of likely N-dealkylation sites (tertiary alicyclic amines) is 1. The van der Waals surface area contributed by atoms with Crippen LogP contribution in [0.5, 0.6) is 0 Å². The molecule has 2 aliphatic rings. The summed E-state index contributed by atoms with van der Waals surface area (Å²) in [6.07, 6.45) is 10.5. The highest BCUT2D eigenvalue weighted by Crippen LogP contribution is 2.35. The summed E-state index contributed by atoms with van der Waals surface area (Å²) >= 11 is 0. The van der Waals surface area contributed by atoms with Crippen LogP contribution in [0.25, 0.3) is 0 Å². The summed E-state index contributed by atoms with van der Waals surface area (Å²) < 4.78 is 0. The Morgan fingerprint density at radius 3 is 2.75 bits per heavy atom. The van der Waals surface area contributed by atoms with Crippen molar-refractivity contribution in [1.29, 1.82) is 0 Å². The van der Waals surface area contributed by atoms with Crippen molar-refractivity contribution in [3.8, 4) is 0 Å². The number of nitrogens with zero attached hydrogens (tertiary/aromatic N) is 1. The maximum absolute atomic E-state index is 10.0. The Kier molecular flexibility index (Phi) is 4.42. The number of aliphatic hydroxyl groups excluding tert-OH is 1. The van der Waals surface area contributed by atoms with E-state index < -0.39 is 0 Å². The maximum Gasteiger partial charge on any atom is 0.0583 e. The summed E-state index contributed by atoms with van der Waals surface area (Å²) in [5.41, 5.74) is 0. The van der Waals surface area contributed by atoms with Crippen LogP contribution >= 0.6 is 0 Å². The van der Waals surface area contributed by atoms with Crippen molar-refractivity contribution in [2.24, 2.45) is 5.92 Å². The van der Waals surface area contributed by atoms with Crippen LogP contribution in [0, 0.1) is 5.92 Å². The molecule has 16 heavy (non-hydrogen) atoms. The van der Waals surface area contributed by atoms with E-state index in [-0.39, 0.29) is 6.10 Å². The van der Waals surface area contributed by atoms with Gasteiger partial charge in [-0.1, -0.05) is 18.9 Å². The van der Waals surface area contributed by atoms with E-state index in [0.717, 1.165) is 19.4 Å². The molecule has 3 unspecified atom stereocenters. The van der Waals surface area contributed by atoms with Gasteiger partial charge in [0.15, 0.2) is 0 Å². The topological polar surface area (TPSA) is 23.5 Å². The van der Waals surface area contributed by atoms with E-state index in [4.69, 9.17) is 0 Å². The van der Waals surface area contributed by atoms with E-state index >= 15 is 0 Å². The Balaban J connectivity index is 1.95. The van der Waals surface area contributed by atoms with Gasteiger partial charge in [-0.25, -0.2) is 0 Å². The lowest BCUT2D eigenvalue weighted by atomic mass is 9.87. The van der Waals surface area contributed by atoms with Gasteiger partial charge in [-0.05, 0) is 38.6 Å². The average molecular weight is 223 g/mol. The molecule has 0 spiro atoms. The van der Waals surface area contributed by atoms with Crippen LogP contribution in [-0.2, 0) is 0 Å². The first-order chi connectivity index (χ1) is 7.83. The van der Waals surface area contributed by atoms with Crippen LogP contribution in [0.15, 0.2) is 12.7 Å². The predicted molar refractivity (Wildman–Crippen MR) is 67.4 cm³/mol. The fourth-order valence-corrected chi connectivity index (χ4v) is 3.45. The monoisotopic (exact) mass is 223 g/mol. The molecule has 1 N–H and O–H groups in total. The number of rotatable bonds is 4. The van der Waals surface area contributed by atoms with Crippen LogP contribution in [0.4, 0.5) is 0 Å². The Labute approximate surface area is 99.3 Å². The summed E-state index contributed by atoms with van der Waals surface area (Å²) in [6, 6.07) is 0.645. The normalized spacial score (nSPS) is 36.4. The minimum atomic E-state index is -0.0330. The van der Waals surface area contributed by atoms with E-state index in [2.05, 4.69) is 11.5 Å². The lowest BCUT2D eigenvalue weighted by Crippen LogP contribution is -2.46. The largest absolute Gasteiger partial charge is 0.393 e. The van der Waals surface area contributed by atoms with Crippen LogP contribution in [0.2, 0.25) is 0 Å². The van der Waals surface area contributed by atoms with Crippen molar-refractivity contribution in [1.82, 2.24) is 4.90 Å². The quantitative estimate of drug-likeness (QED) is 0.740. The number of hydrogen-bond donors (Lipinski definition) is 1. The van der Waals surface area contributed by atoms with Crippen molar-refractivity contribution in [2.45, 2.75) is 57.1 Å². The van der Waals surface area contributed by atoms with E-state index in [1.807, 2.05) is 6.08 Å². The molecule has 2 rings (SSSR count). The van der Waals surface area contributed by atoms with Crippen LogP contribution in [-0.4, -0.2) is 35.2 Å². The Hall–Kier alpha value is -0.340. The smallest absolute Gasteiger partial charge is 0.0583 e. The second kappa shape index (κ2) is 5.83. The highest BCUT2D eigenvalue weighted by atomic mass is 16.3. The molecule has 2 nitrogen and oxygen atoms in total. The van der Waals surface area contributed by atoms with Gasteiger partial charge in [-0.3, -0.25) is 4.90 Å². The van der Waals surface area contributed by atoms with Gasteiger partial charge in [0.2, 0.25) is 0 Å². The molecule has 2 heteroatoms. The Morgan fingerprint density at radius 2 is 2.06 bits per heavy atom. The molecule has 0 aromatic heterocycles. The fourth-order valence-electron chi connectivity index (χ4n) is 3.45. The molecule has 0 amide bonds. The molecule has 0 aromatic carbocycles. The van der Waals surface area contributed by atoms with Gasteiger partial charge >= 0.3 is 0 Å². The second-order valence-electron chi connectivity index (χ2n) is 5.34. The summed E-state index contributed by atoms with van der Waals surface area (Å²) in [6.45, 7) is 6.17. The molecule has 0 aromatic rings. The zero-order valence-electron chi connectivity index (χ0n) is 10.3. The molecule has 92 valence electrons. The molecule has 2 fully saturated rings. The van der Waals surface area contributed by atoms with Gasteiger partial charge in [0.25, 0.3) is 0 Å². The van der Waals surface area contributed by atoms with Crippen molar-refractivity contribution in [2.75, 3.05) is 13.1 Å². The lowest BCUT2D eigenvalue weighted by Gasteiger charge is -2.40. The van der Waals surface area contributed by atoms with Gasteiger partial charge in [-0.2, -0.15) is 0 Å². The summed E-state index contributed by atoms with van der Waals surface area (Å²) in [5.74, 6) is 0.546. The number of hydrogen-bond acceptors (Lipinski definition) is 2. The van der Waals surface area contributed by atoms with E-state index in [1.165, 1.54) is 38.6 Å². The van der Waals surface area contributed by atoms with E-state index in [9.17, 15) is 5.11 Å². The van der Waals surface area contributed by atoms with Crippen molar-refractivity contribution in [3.05, 3.63) is 12.7 Å². The predicted octanol–water partition coefficient (Wildman–Crippen LogP) is 2.58. The average Bonchev–Trinajstić information content (AvgIpc) is 2.73. The van der Waals surface area contributed by atoms with Gasteiger partial charge in [0, 0.05) is 18.5 Å². The Morgan fingerprint density at radius 1 is 1.19 bits per heavy atom. The fraction of sp³-hybridized carbons (Fsp3) is 0.857. The minimum Gasteiger partial charge on any atom is -0.393 e. The lowest BCUT2D eigenvalue weighted by molar-refractivity contribution is 0.0365. The van der Waals surface area contributed by atoms with Gasteiger partial charge in [-0.15, -0.1) is 6.58 Å². The first-order valence-corrected chi connectivity index (χ1v) is 6.86. The third-order valence-electron chi connectivity index (χ3n) is 4.31. The second-order valence-corrected chi connectivity index (χ2v) is 5.34. The first kappa shape index (κ1) is 12.1. The minimum absolute atomic E-state index is 0.0330. The molecule has 1 saturated heterocycles. The van der Waals surface area contributed by atoms with E-state index in [0.29, 0.717) is 12.0 Å². The highest BCUT2D eigenvalue weighted by Gasteiger charge is 2.36. The van der Waals surface area contributed by atoms with Crippen LogP contribution in [0.3, 0.4) is 0 Å². The van der Waals surface area contributed by atoms with Crippen molar-refractivity contribution < 1.29 is 5.11 Å². The summed E-state index contributed by atoms with van der Waals surface area (Å²) in [7, 11) is 0. The zero-order valence-corrected chi connectivity index (χ0v) is 10.3. The third-order valence-corrected chi connectivity index (χ3v) is 4.31. The van der Waals surface area contributed by atoms with E-state index in [1.54, 1.807) is 0 Å². The highest BCUT2D eigenvalue weighted by molar-refractivity contribution is 4.90. The summed E-state index contributed by atoms with van der Waals surface area (Å²) in [4.78, 5) is 2.60. The summed E-state index contributed by atoms with van der Waals surface area (Å²) in [5, 5.41) is 10.0. The molecule has 3 atom stereocenters. The molecule has 1 aliphatic heterocycles. The van der Waals surface area contributed by atoms with Gasteiger partial charge < -0.3 is 5.11 Å². The molecule has 1 saturated carbocycles. The maximum atomic E-state index is 10.0. The SMILES string of the molecule is C=CCCN1CCCCC1C1CCCC1O. The zero-order chi connectivity index (χ0) is 11.4. The number of aliphatic hydroxyl groups is 1. The molecular formula is C14H25NO.